The lowest BCUT2D eigenvalue weighted by molar-refractivity contribution is 0.0121. The van der Waals surface area contributed by atoms with Gasteiger partial charge in [-0.3, -0.25) is 0 Å². The second-order valence-electron chi connectivity index (χ2n) is 6.66. The molecule has 1 aromatic heterocycles. The number of ether oxygens (including phenoxy) is 2. The van der Waals surface area contributed by atoms with Gasteiger partial charge in [-0.1, -0.05) is 35.5 Å². The van der Waals surface area contributed by atoms with Crippen molar-refractivity contribution in [3.05, 3.63) is 42.2 Å². The highest BCUT2D eigenvalue weighted by Crippen LogP contribution is 2.19. The van der Waals surface area contributed by atoms with Crippen LogP contribution < -0.4 is 0 Å². The molecule has 1 saturated heterocycles. The van der Waals surface area contributed by atoms with E-state index in [0.29, 0.717) is 6.10 Å². The van der Waals surface area contributed by atoms with Crippen molar-refractivity contribution in [1.82, 2.24) is 10.1 Å². The quantitative estimate of drug-likeness (QED) is 0.618. The Labute approximate surface area is 149 Å². The van der Waals surface area contributed by atoms with Crippen LogP contribution in [0.25, 0.3) is 11.3 Å². The van der Waals surface area contributed by atoms with Gasteiger partial charge in [0.05, 0.1) is 19.3 Å². The summed E-state index contributed by atoms with van der Waals surface area (Å²) < 4.78 is 16.7. The van der Waals surface area contributed by atoms with Crippen molar-refractivity contribution in [2.75, 3.05) is 40.0 Å². The average molecular weight is 344 g/mol. The molecular formula is C20H28N2O3. The molecule has 0 N–H and O–H groups in total. The molecular weight excluding hydrogens is 316 g/mol. The fourth-order valence-electron chi connectivity index (χ4n) is 3.02. The van der Waals surface area contributed by atoms with Gasteiger partial charge in [0, 0.05) is 31.2 Å². The van der Waals surface area contributed by atoms with Gasteiger partial charge in [-0.2, -0.15) is 0 Å². The van der Waals surface area contributed by atoms with Gasteiger partial charge in [-0.25, -0.2) is 0 Å². The van der Waals surface area contributed by atoms with E-state index in [1.54, 1.807) is 0 Å². The zero-order valence-electron chi connectivity index (χ0n) is 15.0. The molecule has 136 valence electrons. The maximum Gasteiger partial charge on any atom is 0.137 e. The molecule has 1 atom stereocenters. The summed E-state index contributed by atoms with van der Waals surface area (Å²) in [6, 6.07) is 12.2. The molecule has 0 bridgehead atoms. The van der Waals surface area contributed by atoms with Crippen LogP contribution in [0.5, 0.6) is 0 Å². The highest BCUT2D eigenvalue weighted by Gasteiger charge is 2.15. The topological polar surface area (TPSA) is 47.7 Å². The van der Waals surface area contributed by atoms with Crippen LogP contribution in [0, 0.1) is 0 Å². The minimum atomic E-state index is 0.315. The van der Waals surface area contributed by atoms with Gasteiger partial charge in [-0.05, 0) is 32.9 Å². The highest BCUT2D eigenvalue weighted by molar-refractivity contribution is 5.58. The molecule has 1 unspecified atom stereocenters. The molecule has 5 nitrogen and oxygen atoms in total. The van der Waals surface area contributed by atoms with E-state index in [2.05, 4.69) is 17.1 Å². The first-order valence-electron chi connectivity index (χ1n) is 9.20. The molecule has 2 aromatic rings. The summed E-state index contributed by atoms with van der Waals surface area (Å²) in [6.07, 6.45) is 4.57. The van der Waals surface area contributed by atoms with Crippen LogP contribution in [0.1, 0.15) is 25.0 Å². The first-order valence-corrected chi connectivity index (χ1v) is 9.20. The van der Waals surface area contributed by atoms with Crippen molar-refractivity contribution in [2.24, 2.45) is 0 Å². The molecule has 25 heavy (non-hydrogen) atoms. The van der Waals surface area contributed by atoms with Gasteiger partial charge in [0.2, 0.25) is 0 Å². The van der Waals surface area contributed by atoms with Crippen LogP contribution in [-0.4, -0.2) is 56.1 Å². The Bertz CT molecular complexity index is 608. The number of aryl methyl sites for hydroxylation is 1. The third kappa shape index (κ3) is 5.96. The number of benzene rings is 1. The molecule has 5 heteroatoms. The van der Waals surface area contributed by atoms with Crippen LogP contribution in [0.3, 0.4) is 0 Å². The van der Waals surface area contributed by atoms with Crippen LogP contribution in [0.2, 0.25) is 0 Å². The van der Waals surface area contributed by atoms with E-state index in [1.807, 2.05) is 36.4 Å². The number of hydrogen-bond donors (Lipinski definition) is 0. The molecule has 2 heterocycles. The lowest BCUT2D eigenvalue weighted by Gasteiger charge is -2.17. The number of likely N-dealkylation sites (N-methyl/N-ethyl adjacent to an activating group) is 1. The van der Waals surface area contributed by atoms with E-state index < -0.39 is 0 Å². The Kier molecular flexibility index (Phi) is 7.03. The lowest BCUT2D eigenvalue weighted by atomic mass is 10.1. The van der Waals surface area contributed by atoms with E-state index >= 15 is 0 Å². The molecule has 0 saturated carbocycles. The normalized spacial score (nSPS) is 17.4. The Hall–Kier alpha value is -1.69. The monoisotopic (exact) mass is 344 g/mol. The number of aromatic nitrogens is 1. The highest BCUT2D eigenvalue weighted by atomic mass is 16.5. The van der Waals surface area contributed by atoms with Crippen molar-refractivity contribution >= 4 is 0 Å². The van der Waals surface area contributed by atoms with Crippen molar-refractivity contribution in [3.8, 4) is 11.3 Å². The Balaban J connectivity index is 1.29. The molecule has 1 aliphatic rings. The average Bonchev–Trinajstić information content (AvgIpc) is 3.31. The van der Waals surface area contributed by atoms with Crippen molar-refractivity contribution in [1.29, 1.82) is 0 Å². The second-order valence-corrected chi connectivity index (χ2v) is 6.66. The van der Waals surface area contributed by atoms with E-state index in [0.717, 1.165) is 69.2 Å². The second kappa shape index (κ2) is 9.70. The summed E-state index contributed by atoms with van der Waals surface area (Å²) in [7, 11) is 2.13. The Morgan fingerprint density at radius 1 is 1.24 bits per heavy atom. The SMILES string of the molecule is CN(CCCc1cc(-c2ccccc2)no1)CCOCC1CCCO1. The predicted octanol–water partition coefficient (Wildman–Crippen LogP) is 3.40. The third-order valence-electron chi connectivity index (χ3n) is 4.54. The van der Waals surface area contributed by atoms with Crippen LogP contribution in [-0.2, 0) is 15.9 Å². The Morgan fingerprint density at radius 3 is 2.92 bits per heavy atom. The van der Waals surface area contributed by atoms with Crippen LogP contribution >= 0.6 is 0 Å². The Morgan fingerprint density at radius 2 is 2.12 bits per heavy atom. The zero-order chi connectivity index (χ0) is 17.3. The minimum absolute atomic E-state index is 0.315. The largest absolute Gasteiger partial charge is 0.377 e. The summed E-state index contributed by atoms with van der Waals surface area (Å²) >= 11 is 0. The first kappa shape index (κ1) is 18.1. The zero-order valence-corrected chi connectivity index (χ0v) is 15.0. The van der Waals surface area contributed by atoms with Gasteiger partial charge in [0.15, 0.2) is 0 Å². The van der Waals surface area contributed by atoms with E-state index in [1.165, 1.54) is 6.42 Å². The molecule has 0 radical (unpaired) electrons. The summed E-state index contributed by atoms with van der Waals surface area (Å²) in [5.74, 6) is 0.946. The number of hydrogen-bond acceptors (Lipinski definition) is 5. The summed E-state index contributed by atoms with van der Waals surface area (Å²) in [4.78, 5) is 2.30. The molecule has 0 aliphatic carbocycles. The van der Waals surface area contributed by atoms with Crippen molar-refractivity contribution < 1.29 is 14.0 Å². The van der Waals surface area contributed by atoms with Crippen LogP contribution in [0.4, 0.5) is 0 Å². The third-order valence-corrected chi connectivity index (χ3v) is 4.54. The van der Waals surface area contributed by atoms with Gasteiger partial charge in [-0.15, -0.1) is 0 Å². The fraction of sp³-hybridized carbons (Fsp3) is 0.550. The molecule has 1 aromatic carbocycles. The molecule has 0 amide bonds. The summed E-state index contributed by atoms with van der Waals surface area (Å²) in [5.41, 5.74) is 2.00. The minimum Gasteiger partial charge on any atom is -0.377 e. The smallest absolute Gasteiger partial charge is 0.137 e. The van der Waals surface area contributed by atoms with Gasteiger partial charge < -0.3 is 18.9 Å². The van der Waals surface area contributed by atoms with Gasteiger partial charge in [0.25, 0.3) is 0 Å². The van der Waals surface area contributed by atoms with Crippen LogP contribution in [0.15, 0.2) is 40.9 Å². The van der Waals surface area contributed by atoms with Crippen molar-refractivity contribution in [3.63, 3.8) is 0 Å². The lowest BCUT2D eigenvalue weighted by Crippen LogP contribution is -2.26. The molecule has 3 rings (SSSR count). The van der Waals surface area contributed by atoms with E-state index in [9.17, 15) is 0 Å². The molecule has 1 fully saturated rings. The van der Waals surface area contributed by atoms with Crippen molar-refractivity contribution in [2.45, 2.75) is 31.8 Å². The number of nitrogens with zero attached hydrogens (tertiary/aromatic N) is 2. The summed E-state index contributed by atoms with van der Waals surface area (Å²) in [5, 5.41) is 4.16. The molecule has 0 spiro atoms. The van der Waals surface area contributed by atoms with Gasteiger partial charge >= 0.3 is 0 Å². The maximum absolute atomic E-state index is 5.71. The first-order chi connectivity index (χ1) is 12.3. The number of rotatable bonds is 10. The van der Waals surface area contributed by atoms with Gasteiger partial charge in [0.1, 0.15) is 11.5 Å². The standard InChI is InChI=1S/C20H28N2O3/c1-22(12-14-23-16-19-10-6-13-24-19)11-5-9-18-15-20(21-25-18)17-7-3-2-4-8-17/h2-4,7-8,15,19H,5-6,9-14,16H2,1H3. The fourth-order valence-corrected chi connectivity index (χ4v) is 3.02. The van der Waals surface area contributed by atoms with E-state index in [4.69, 9.17) is 14.0 Å². The molecule has 1 aliphatic heterocycles. The summed E-state index contributed by atoms with van der Waals surface area (Å²) in [6.45, 7) is 4.34. The van der Waals surface area contributed by atoms with E-state index in [-0.39, 0.29) is 0 Å². The maximum atomic E-state index is 5.71. The predicted molar refractivity (Wildman–Crippen MR) is 97.6 cm³/mol.